The average Bonchev–Trinajstić information content (AvgIpc) is 2.22. The fourth-order valence-electron chi connectivity index (χ4n) is 2.33. The Balaban J connectivity index is 2.75. The zero-order valence-corrected chi connectivity index (χ0v) is 10.3. The van der Waals surface area contributed by atoms with Crippen molar-refractivity contribution in [2.24, 2.45) is 5.92 Å². The molecule has 0 saturated heterocycles. The molecule has 90 valence electrons. The van der Waals surface area contributed by atoms with Gasteiger partial charge in [-0.2, -0.15) is 0 Å². The van der Waals surface area contributed by atoms with Crippen LogP contribution in [0.5, 0.6) is 0 Å². The molecule has 0 amide bonds. The van der Waals surface area contributed by atoms with Gasteiger partial charge in [-0.25, -0.2) is 4.39 Å². The predicted molar refractivity (Wildman–Crippen MR) is 64.8 cm³/mol. The molecule has 0 radical (unpaired) electrons. The van der Waals surface area contributed by atoms with Crippen molar-refractivity contribution in [3.63, 3.8) is 0 Å². The van der Waals surface area contributed by atoms with Gasteiger partial charge in [-0.15, -0.1) is 0 Å². The maximum absolute atomic E-state index is 12.7. The molecule has 0 aliphatic rings. The minimum atomic E-state index is -0.707. The summed E-state index contributed by atoms with van der Waals surface area (Å²) in [6, 6.07) is 6.37. The van der Waals surface area contributed by atoms with E-state index in [9.17, 15) is 9.50 Å². The van der Waals surface area contributed by atoms with Gasteiger partial charge in [-0.1, -0.05) is 38.8 Å². The van der Waals surface area contributed by atoms with E-state index in [-0.39, 0.29) is 11.7 Å². The molecule has 1 aromatic rings. The van der Waals surface area contributed by atoms with Crippen LogP contribution in [-0.2, 0) is 6.42 Å². The molecule has 0 spiro atoms. The van der Waals surface area contributed by atoms with Crippen molar-refractivity contribution >= 4 is 0 Å². The van der Waals surface area contributed by atoms with E-state index in [2.05, 4.69) is 13.8 Å². The summed E-state index contributed by atoms with van der Waals surface area (Å²) in [5.41, 5.74) is 0.278. The largest absolute Gasteiger partial charge is 0.390 e. The third-order valence-corrected chi connectivity index (χ3v) is 3.34. The van der Waals surface area contributed by atoms with E-state index >= 15 is 0 Å². The molecule has 1 unspecified atom stereocenters. The second-order valence-corrected chi connectivity index (χ2v) is 4.67. The summed E-state index contributed by atoms with van der Waals surface area (Å²) in [5, 5.41) is 10.4. The molecule has 0 aromatic heterocycles. The van der Waals surface area contributed by atoms with Gasteiger partial charge in [0, 0.05) is 6.42 Å². The summed E-state index contributed by atoms with van der Waals surface area (Å²) < 4.78 is 12.7. The third kappa shape index (κ3) is 3.31. The number of aliphatic hydroxyl groups is 1. The molecule has 1 N–H and O–H groups in total. The molecule has 1 atom stereocenters. The Kier molecular flexibility index (Phi) is 4.48. The van der Waals surface area contributed by atoms with Crippen molar-refractivity contribution in [1.82, 2.24) is 0 Å². The lowest BCUT2D eigenvalue weighted by molar-refractivity contribution is -0.00411. The van der Waals surface area contributed by atoms with Crippen molar-refractivity contribution in [3.05, 3.63) is 35.6 Å². The van der Waals surface area contributed by atoms with Crippen LogP contribution >= 0.6 is 0 Å². The van der Waals surface area contributed by atoms with Crippen molar-refractivity contribution < 1.29 is 9.50 Å². The highest BCUT2D eigenvalue weighted by atomic mass is 19.1. The van der Waals surface area contributed by atoms with Crippen molar-refractivity contribution in [1.29, 1.82) is 0 Å². The van der Waals surface area contributed by atoms with E-state index in [1.165, 1.54) is 12.1 Å². The summed E-state index contributed by atoms with van der Waals surface area (Å²) in [7, 11) is 0. The lowest BCUT2D eigenvalue weighted by Crippen LogP contribution is -2.36. The SMILES string of the molecule is CCC(CC)C(C)(O)Cc1ccc(F)cc1. The Bertz CT molecular complexity index is 312. The Labute approximate surface area is 97.3 Å². The fraction of sp³-hybridized carbons (Fsp3) is 0.571. The quantitative estimate of drug-likeness (QED) is 0.811. The Hall–Kier alpha value is -0.890. The number of rotatable bonds is 5. The lowest BCUT2D eigenvalue weighted by atomic mass is 9.80. The van der Waals surface area contributed by atoms with Crippen LogP contribution in [0, 0.1) is 11.7 Å². The smallest absolute Gasteiger partial charge is 0.123 e. The zero-order chi connectivity index (χ0) is 12.2. The van der Waals surface area contributed by atoms with Crippen LogP contribution < -0.4 is 0 Å². The van der Waals surface area contributed by atoms with Gasteiger partial charge in [-0.05, 0) is 30.5 Å². The summed E-state index contributed by atoms with van der Waals surface area (Å²) in [4.78, 5) is 0. The third-order valence-electron chi connectivity index (χ3n) is 3.34. The first-order valence-electron chi connectivity index (χ1n) is 5.96. The highest BCUT2D eigenvalue weighted by Gasteiger charge is 2.29. The van der Waals surface area contributed by atoms with Gasteiger partial charge >= 0.3 is 0 Å². The first kappa shape index (κ1) is 13.2. The standard InChI is InChI=1S/C14H21FO/c1-4-12(5-2)14(3,16)10-11-6-8-13(15)9-7-11/h6-9,12,16H,4-5,10H2,1-3H3. The van der Waals surface area contributed by atoms with Crippen LogP contribution in [0.4, 0.5) is 4.39 Å². The molecule has 0 saturated carbocycles. The van der Waals surface area contributed by atoms with Gasteiger partial charge in [0.15, 0.2) is 0 Å². The molecule has 0 fully saturated rings. The minimum absolute atomic E-state index is 0.231. The number of benzene rings is 1. The highest BCUT2D eigenvalue weighted by Crippen LogP contribution is 2.27. The topological polar surface area (TPSA) is 20.2 Å². The molecule has 1 aromatic carbocycles. The summed E-state index contributed by atoms with van der Waals surface area (Å²) in [6.45, 7) is 6.05. The van der Waals surface area contributed by atoms with Crippen molar-refractivity contribution in [3.8, 4) is 0 Å². The molecular weight excluding hydrogens is 203 g/mol. The van der Waals surface area contributed by atoms with Crippen LogP contribution in [0.25, 0.3) is 0 Å². The van der Waals surface area contributed by atoms with Gasteiger partial charge in [0.25, 0.3) is 0 Å². The maximum atomic E-state index is 12.7. The van der Waals surface area contributed by atoms with Crippen LogP contribution in [0.2, 0.25) is 0 Å². The van der Waals surface area contributed by atoms with Crippen LogP contribution in [0.1, 0.15) is 39.2 Å². The maximum Gasteiger partial charge on any atom is 0.123 e. The van der Waals surface area contributed by atoms with E-state index in [4.69, 9.17) is 0 Å². The molecule has 0 aliphatic heterocycles. The molecule has 0 heterocycles. The Morgan fingerprint density at radius 3 is 2.12 bits per heavy atom. The molecule has 16 heavy (non-hydrogen) atoms. The van der Waals surface area contributed by atoms with Gasteiger partial charge in [0.05, 0.1) is 5.60 Å². The van der Waals surface area contributed by atoms with Crippen molar-refractivity contribution in [2.75, 3.05) is 0 Å². The summed E-state index contributed by atoms with van der Waals surface area (Å²) in [5.74, 6) is 0.0588. The van der Waals surface area contributed by atoms with E-state index in [1.807, 2.05) is 6.92 Å². The Morgan fingerprint density at radius 1 is 1.19 bits per heavy atom. The molecule has 2 heteroatoms. The normalized spacial score (nSPS) is 15.1. The van der Waals surface area contributed by atoms with Gasteiger partial charge in [-0.3, -0.25) is 0 Å². The number of halogens is 1. The second-order valence-electron chi connectivity index (χ2n) is 4.67. The number of hydrogen-bond acceptors (Lipinski definition) is 1. The number of hydrogen-bond donors (Lipinski definition) is 1. The summed E-state index contributed by atoms with van der Waals surface area (Å²) in [6.07, 6.45) is 2.51. The van der Waals surface area contributed by atoms with Crippen molar-refractivity contribution in [2.45, 2.75) is 45.6 Å². The fourth-order valence-corrected chi connectivity index (χ4v) is 2.33. The second kappa shape index (κ2) is 5.44. The Morgan fingerprint density at radius 2 is 1.69 bits per heavy atom. The van der Waals surface area contributed by atoms with E-state index in [0.29, 0.717) is 6.42 Å². The highest BCUT2D eigenvalue weighted by molar-refractivity contribution is 5.18. The van der Waals surface area contributed by atoms with E-state index in [0.717, 1.165) is 18.4 Å². The zero-order valence-electron chi connectivity index (χ0n) is 10.3. The first-order valence-corrected chi connectivity index (χ1v) is 5.96. The minimum Gasteiger partial charge on any atom is -0.390 e. The predicted octanol–water partition coefficient (Wildman–Crippen LogP) is 3.56. The van der Waals surface area contributed by atoms with Gasteiger partial charge < -0.3 is 5.11 Å². The van der Waals surface area contributed by atoms with Crippen LogP contribution in [0.15, 0.2) is 24.3 Å². The molecular formula is C14H21FO. The van der Waals surface area contributed by atoms with Crippen LogP contribution in [0.3, 0.4) is 0 Å². The van der Waals surface area contributed by atoms with E-state index < -0.39 is 5.60 Å². The van der Waals surface area contributed by atoms with E-state index in [1.54, 1.807) is 12.1 Å². The van der Waals surface area contributed by atoms with Gasteiger partial charge in [0.1, 0.15) is 5.82 Å². The molecule has 1 rings (SSSR count). The monoisotopic (exact) mass is 224 g/mol. The van der Waals surface area contributed by atoms with Crippen LogP contribution in [-0.4, -0.2) is 10.7 Å². The first-order chi connectivity index (χ1) is 7.49. The van der Waals surface area contributed by atoms with Gasteiger partial charge in [0.2, 0.25) is 0 Å². The average molecular weight is 224 g/mol. The molecule has 0 bridgehead atoms. The molecule has 0 aliphatic carbocycles. The summed E-state index contributed by atoms with van der Waals surface area (Å²) >= 11 is 0. The lowest BCUT2D eigenvalue weighted by Gasteiger charge is -2.31. The molecule has 1 nitrogen and oxygen atoms in total.